The van der Waals surface area contributed by atoms with Crippen molar-refractivity contribution in [2.45, 2.75) is 39.2 Å². The Morgan fingerprint density at radius 3 is 2.47 bits per heavy atom. The predicted molar refractivity (Wildman–Crippen MR) is 62.8 cm³/mol. The number of hydrogen-bond donors (Lipinski definition) is 1. The molecule has 0 amide bonds. The summed E-state index contributed by atoms with van der Waals surface area (Å²) in [5.41, 5.74) is 7.92. The van der Waals surface area contributed by atoms with Crippen LogP contribution in [0.2, 0.25) is 0 Å². The van der Waals surface area contributed by atoms with E-state index in [1.165, 1.54) is 5.56 Å². The van der Waals surface area contributed by atoms with Crippen molar-refractivity contribution in [3.05, 3.63) is 35.4 Å². The molecule has 15 heavy (non-hydrogen) atoms. The number of nitrogens with two attached hydrogens (primary N) is 1. The van der Waals surface area contributed by atoms with Gasteiger partial charge in [0.2, 0.25) is 0 Å². The first-order chi connectivity index (χ1) is 7.08. The summed E-state index contributed by atoms with van der Waals surface area (Å²) in [6, 6.07) is 8.22. The fraction of sp³-hybridized carbons (Fsp3) is 0.462. The third-order valence-electron chi connectivity index (χ3n) is 2.40. The highest BCUT2D eigenvalue weighted by Crippen LogP contribution is 2.06. The molecular formula is C13H19NO. The zero-order valence-corrected chi connectivity index (χ0v) is 9.49. The summed E-state index contributed by atoms with van der Waals surface area (Å²) < 4.78 is 0. The average Bonchev–Trinajstić information content (AvgIpc) is 2.19. The van der Waals surface area contributed by atoms with E-state index in [1.54, 1.807) is 0 Å². The highest BCUT2D eigenvalue weighted by atomic mass is 16.1. The number of aryl methyl sites for hydroxylation is 1. The molecule has 1 unspecified atom stereocenters. The van der Waals surface area contributed by atoms with Gasteiger partial charge in [-0.15, -0.1) is 0 Å². The Labute approximate surface area is 91.5 Å². The average molecular weight is 205 g/mol. The third kappa shape index (κ3) is 4.75. The standard InChI is InChI=1S/C13H19NO/c1-10-3-6-12(7-4-10)9-13(15)8-5-11(2)14/h3-4,6-7,11H,5,8-9,14H2,1-2H3. The van der Waals surface area contributed by atoms with Crippen LogP contribution < -0.4 is 5.73 Å². The second kappa shape index (κ2) is 5.66. The number of carbonyl (C=O) groups excluding carboxylic acids is 1. The molecule has 0 radical (unpaired) electrons. The predicted octanol–water partition coefficient (Wildman–Crippen LogP) is 2.23. The van der Waals surface area contributed by atoms with Crippen LogP contribution in [0.3, 0.4) is 0 Å². The number of ketones is 1. The van der Waals surface area contributed by atoms with Crippen molar-refractivity contribution in [3.63, 3.8) is 0 Å². The van der Waals surface area contributed by atoms with Crippen LogP contribution in [0.5, 0.6) is 0 Å². The molecular weight excluding hydrogens is 186 g/mol. The number of carbonyl (C=O) groups is 1. The summed E-state index contributed by atoms with van der Waals surface area (Å²) in [5, 5.41) is 0. The molecule has 1 atom stereocenters. The lowest BCUT2D eigenvalue weighted by molar-refractivity contribution is -0.118. The summed E-state index contributed by atoms with van der Waals surface area (Å²) in [4.78, 5) is 11.5. The van der Waals surface area contributed by atoms with Gasteiger partial charge in [-0.2, -0.15) is 0 Å². The molecule has 2 heteroatoms. The first-order valence-corrected chi connectivity index (χ1v) is 5.41. The smallest absolute Gasteiger partial charge is 0.137 e. The van der Waals surface area contributed by atoms with Crippen molar-refractivity contribution in [1.29, 1.82) is 0 Å². The lowest BCUT2D eigenvalue weighted by Gasteiger charge is -2.04. The molecule has 0 aliphatic heterocycles. The number of benzene rings is 1. The van der Waals surface area contributed by atoms with Gasteiger partial charge in [0.1, 0.15) is 5.78 Å². The summed E-state index contributed by atoms with van der Waals surface area (Å²) >= 11 is 0. The van der Waals surface area contributed by atoms with Crippen molar-refractivity contribution in [3.8, 4) is 0 Å². The van der Waals surface area contributed by atoms with E-state index >= 15 is 0 Å². The lowest BCUT2D eigenvalue weighted by Crippen LogP contribution is -2.16. The number of Topliss-reactive ketones (excluding diaryl/α,β-unsaturated/α-hetero) is 1. The van der Waals surface area contributed by atoms with Crippen LogP contribution in [0, 0.1) is 6.92 Å². The largest absolute Gasteiger partial charge is 0.328 e. The van der Waals surface area contributed by atoms with E-state index in [1.807, 2.05) is 38.1 Å². The van der Waals surface area contributed by atoms with Crippen molar-refractivity contribution in [2.24, 2.45) is 5.73 Å². The Morgan fingerprint density at radius 1 is 1.33 bits per heavy atom. The van der Waals surface area contributed by atoms with Gasteiger partial charge in [0.15, 0.2) is 0 Å². The molecule has 82 valence electrons. The van der Waals surface area contributed by atoms with Crippen LogP contribution in [0.15, 0.2) is 24.3 Å². The SMILES string of the molecule is Cc1ccc(CC(=O)CCC(C)N)cc1. The minimum Gasteiger partial charge on any atom is -0.328 e. The molecule has 0 fully saturated rings. The second-order valence-electron chi connectivity index (χ2n) is 4.22. The Kier molecular flexibility index (Phi) is 4.50. The molecule has 0 spiro atoms. The molecule has 0 aromatic heterocycles. The van der Waals surface area contributed by atoms with Crippen LogP contribution in [0.4, 0.5) is 0 Å². The summed E-state index contributed by atoms with van der Waals surface area (Å²) in [6.07, 6.45) is 1.91. The van der Waals surface area contributed by atoms with E-state index in [4.69, 9.17) is 5.73 Å². The Balaban J connectivity index is 2.41. The maximum absolute atomic E-state index is 11.5. The molecule has 0 aliphatic rings. The lowest BCUT2D eigenvalue weighted by atomic mass is 10.0. The minimum atomic E-state index is 0.118. The topological polar surface area (TPSA) is 43.1 Å². The Bertz CT molecular complexity index is 314. The zero-order valence-electron chi connectivity index (χ0n) is 9.49. The maximum Gasteiger partial charge on any atom is 0.137 e. The number of rotatable bonds is 5. The van der Waals surface area contributed by atoms with Crippen LogP contribution in [0.25, 0.3) is 0 Å². The molecule has 0 aliphatic carbocycles. The Morgan fingerprint density at radius 2 is 1.93 bits per heavy atom. The van der Waals surface area contributed by atoms with Crippen molar-refractivity contribution in [2.75, 3.05) is 0 Å². The van der Waals surface area contributed by atoms with Gasteiger partial charge in [0, 0.05) is 18.9 Å². The van der Waals surface area contributed by atoms with Gasteiger partial charge in [-0.05, 0) is 25.8 Å². The normalized spacial score (nSPS) is 12.5. The van der Waals surface area contributed by atoms with Gasteiger partial charge in [-0.1, -0.05) is 29.8 Å². The van der Waals surface area contributed by atoms with E-state index in [2.05, 4.69) is 0 Å². The van der Waals surface area contributed by atoms with Crippen LogP contribution in [0.1, 0.15) is 30.9 Å². The zero-order chi connectivity index (χ0) is 11.3. The summed E-state index contributed by atoms with van der Waals surface area (Å²) in [7, 11) is 0. The minimum absolute atomic E-state index is 0.118. The van der Waals surface area contributed by atoms with E-state index in [0.717, 1.165) is 12.0 Å². The quantitative estimate of drug-likeness (QED) is 0.801. The molecule has 2 nitrogen and oxygen atoms in total. The molecule has 0 saturated carbocycles. The van der Waals surface area contributed by atoms with Crippen molar-refractivity contribution < 1.29 is 4.79 Å². The molecule has 1 aromatic rings. The number of hydrogen-bond acceptors (Lipinski definition) is 2. The molecule has 1 rings (SSSR count). The first kappa shape index (κ1) is 11.9. The fourth-order valence-corrected chi connectivity index (χ4v) is 1.41. The molecule has 1 aromatic carbocycles. The van der Waals surface area contributed by atoms with Crippen molar-refractivity contribution >= 4 is 5.78 Å². The molecule has 0 saturated heterocycles. The molecule has 0 bridgehead atoms. The highest BCUT2D eigenvalue weighted by molar-refractivity contribution is 5.80. The Hall–Kier alpha value is -1.15. The highest BCUT2D eigenvalue weighted by Gasteiger charge is 2.04. The first-order valence-electron chi connectivity index (χ1n) is 5.41. The molecule has 2 N–H and O–H groups in total. The van der Waals surface area contributed by atoms with Crippen LogP contribution in [-0.4, -0.2) is 11.8 Å². The van der Waals surface area contributed by atoms with E-state index in [9.17, 15) is 4.79 Å². The third-order valence-corrected chi connectivity index (χ3v) is 2.40. The van der Waals surface area contributed by atoms with E-state index < -0.39 is 0 Å². The fourth-order valence-electron chi connectivity index (χ4n) is 1.41. The van der Waals surface area contributed by atoms with Gasteiger partial charge >= 0.3 is 0 Å². The van der Waals surface area contributed by atoms with Gasteiger partial charge in [-0.3, -0.25) is 4.79 Å². The van der Waals surface area contributed by atoms with Gasteiger partial charge in [0.25, 0.3) is 0 Å². The summed E-state index contributed by atoms with van der Waals surface area (Å²) in [5.74, 6) is 0.274. The van der Waals surface area contributed by atoms with E-state index in [-0.39, 0.29) is 11.8 Å². The van der Waals surface area contributed by atoms with Gasteiger partial charge in [-0.25, -0.2) is 0 Å². The second-order valence-corrected chi connectivity index (χ2v) is 4.22. The summed E-state index contributed by atoms with van der Waals surface area (Å²) in [6.45, 7) is 3.97. The van der Waals surface area contributed by atoms with E-state index in [0.29, 0.717) is 12.8 Å². The van der Waals surface area contributed by atoms with Gasteiger partial charge < -0.3 is 5.73 Å². The molecule has 0 heterocycles. The van der Waals surface area contributed by atoms with Gasteiger partial charge in [0.05, 0.1) is 0 Å². The monoisotopic (exact) mass is 205 g/mol. The van der Waals surface area contributed by atoms with Crippen molar-refractivity contribution in [1.82, 2.24) is 0 Å². The maximum atomic E-state index is 11.5. The van der Waals surface area contributed by atoms with Crippen LogP contribution in [-0.2, 0) is 11.2 Å². The van der Waals surface area contributed by atoms with Crippen LogP contribution >= 0.6 is 0 Å².